The highest BCUT2D eigenvalue weighted by molar-refractivity contribution is 7.12. The first-order valence-corrected chi connectivity index (χ1v) is 10.2. The molecule has 0 aliphatic carbocycles. The second-order valence-electron chi connectivity index (χ2n) is 6.61. The molecule has 0 unspecified atom stereocenters. The van der Waals surface area contributed by atoms with Crippen molar-refractivity contribution in [2.45, 2.75) is 33.6 Å². The Kier molecular flexibility index (Phi) is 8.48. The van der Waals surface area contributed by atoms with Gasteiger partial charge in [0, 0.05) is 5.02 Å². The van der Waals surface area contributed by atoms with E-state index in [0.717, 1.165) is 16.0 Å². The summed E-state index contributed by atoms with van der Waals surface area (Å²) in [7, 11) is 0. The van der Waals surface area contributed by atoms with Gasteiger partial charge in [0.25, 0.3) is 11.8 Å². The zero-order valence-electron chi connectivity index (χ0n) is 16.7. The lowest BCUT2D eigenvalue weighted by molar-refractivity contribution is -0.132. The van der Waals surface area contributed by atoms with Gasteiger partial charge in [-0.25, -0.2) is 0 Å². The van der Waals surface area contributed by atoms with Gasteiger partial charge < -0.3 is 9.57 Å². The fourth-order valence-electron chi connectivity index (χ4n) is 2.32. The molecular weight excluding hydrogens is 414 g/mol. The van der Waals surface area contributed by atoms with Crippen LogP contribution in [-0.4, -0.2) is 30.7 Å². The standard InChI is InChI=1S/C20H24ClN3O4S/c1-12(2)15-9-16(21)13(3)8-17(15)27-10-19(25)22-23-20(26)11-28-24-14(4)18-6-5-7-29-18/h5-9,12H,10-11H2,1-4H3,(H,22,25)(H,23,26)/b24-14+. The Balaban J connectivity index is 1.76. The molecule has 2 amide bonds. The summed E-state index contributed by atoms with van der Waals surface area (Å²) in [5.41, 5.74) is 6.97. The Morgan fingerprint density at radius 3 is 2.52 bits per heavy atom. The summed E-state index contributed by atoms with van der Waals surface area (Å²) in [5, 5.41) is 6.44. The van der Waals surface area contributed by atoms with Crippen LogP contribution in [0.5, 0.6) is 5.75 Å². The van der Waals surface area contributed by atoms with Crippen molar-refractivity contribution in [2.24, 2.45) is 5.16 Å². The first-order valence-electron chi connectivity index (χ1n) is 8.99. The highest BCUT2D eigenvalue weighted by Crippen LogP contribution is 2.31. The van der Waals surface area contributed by atoms with Gasteiger partial charge in [-0.15, -0.1) is 11.3 Å². The third-order valence-corrected chi connectivity index (χ3v) is 5.27. The van der Waals surface area contributed by atoms with Gasteiger partial charge in [-0.1, -0.05) is 36.7 Å². The second kappa shape index (κ2) is 10.8. The number of hydrogen-bond donors (Lipinski definition) is 2. The number of halogens is 1. The van der Waals surface area contributed by atoms with Gasteiger partial charge in [0.05, 0.1) is 10.6 Å². The van der Waals surface area contributed by atoms with Crippen LogP contribution in [0.1, 0.15) is 42.7 Å². The fourth-order valence-corrected chi connectivity index (χ4v) is 3.16. The minimum absolute atomic E-state index is 0.182. The van der Waals surface area contributed by atoms with Crippen LogP contribution in [0.3, 0.4) is 0 Å². The molecule has 0 fully saturated rings. The number of oxime groups is 1. The van der Waals surface area contributed by atoms with Crippen molar-refractivity contribution in [3.8, 4) is 5.75 Å². The maximum Gasteiger partial charge on any atom is 0.279 e. The Labute approximate surface area is 179 Å². The van der Waals surface area contributed by atoms with Crippen LogP contribution in [0.25, 0.3) is 0 Å². The average Bonchev–Trinajstić information content (AvgIpc) is 3.21. The van der Waals surface area contributed by atoms with Crippen LogP contribution in [-0.2, 0) is 14.4 Å². The van der Waals surface area contributed by atoms with Crippen molar-refractivity contribution in [3.63, 3.8) is 0 Å². The van der Waals surface area contributed by atoms with Crippen LogP contribution in [0.2, 0.25) is 5.02 Å². The number of hydrogen-bond acceptors (Lipinski definition) is 6. The maximum absolute atomic E-state index is 11.9. The molecule has 0 radical (unpaired) electrons. The van der Waals surface area contributed by atoms with Gasteiger partial charge in [-0.3, -0.25) is 20.4 Å². The first-order chi connectivity index (χ1) is 13.8. The van der Waals surface area contributed by atoms with Crippen molar-refractivity contribution in [1.29, 1.82) is 0 Å². The molecule has 1 heterocycles. The van der Waals surface area contributed by atoms with Crippen molar-refractivity contribution in [1.82, 2.24) is 10.9 Å². The fraction of sp³-hybridized carbons (Fsp3) is 0.350. The summed E-state index contributed by atoms with van der Waals surface area (Å²) in [6, 6.07) is 7.44. The van der Waals surface area contributed by atoms with E-state index in [-0.39, 0.29) is 19.1 Å². The molecule has 0 spiro atoms. The Morgan fingerprint density at radius 1 is 1.21 bits per heavy atom. The summed E-state index contributed by atoms with van der Waals surface area (Å²) >= 11 is 7.69. The maximum atomic E-state index is 11.9. The van der Waals surface area contributed by atoms with Crippen LogP contribution < -0.4 is 15.6 Å². The molecule has 0 saturated carbocycles. The third-order valence-electron chi connectivity index (χ3n) is 3.89. The van der Waals surface area contributed by atoms with Crippen molar-refractivity contribution in [2.75, 3.05) is 13.2 Å². The number of aryl methyl sites for hydroxylation is 1. The van der Waals surface area contributed by atoms with Gasteiger partial charge in [-0.05, 0) is 54.5 Å². The Hall–Kier alpha value is -2.58. The largest absolute Gasteiger partial charge is 0.483 e. The van der Waals surface area contributed by atoms with Gasteiger partial charge in [0.2, 0.25) is 0 Å². The highest BCUT2D eigenvalue weighted by Gasteiger charge is 2.13. The van der Waals surface area contributed by atoms with Gasteiger partial charge >= 0.3 is 0 Å². The molecule has 2 rings (SSSR count). The molecular formula is C20H24ClN3O4S. The lowest BCUT2D eigenvalue weighted by Crippen LogP contribution is -2.45. The monoisotopic (exact) mass is 437 g/mol. The molecule has 0 bridgehead atoms. The van der Waals surface area contributed by atoms with E-state index in [1.165, 1.54) is 11.3 Å². The van der Waals surface area contributed by atoms with Crippen molar-refractivity contribution >= 4 is 40.5 Å². The smallest absolute Gasteiger partial charge is 0.279 e. The van der Waals surface area contributed by atoms with Crippen molar-refractivity contribution in [3.05, 3.63) is 50.7 Å². The number of rotatable bonds is 8. The normalized spacial score (nSPS) is 11.3. The van der Waals surface area contributed by atoms with Crippen LogP contribution in [0.4, 0.5) is 0 Å². The molecule has 0 saturated heterocycles. The molecule has 1 aromatic carbocycles. The number of ether oxygens (including phenoxy) is 1. The van der Waals surface area contributed by atoms with Gasteiger partial charge in [0.15, 0.2) is 13.2 Å². The zero-order chi connectivity index (χ0) is 21.4. The molecule has 1 aromatic heterocycles. The summed E-state index contributed by atoms with van der Waals surface area (Å²) in [4.78, 5) is 29.6. The van der Waals surface area contributed by atoms with E-state index < -0.39 is 11.8 Å². The molecule has 9 heteroatoms. The quantitative estimate of drug-likeness (QED) is 0.485. The SMILES string of the molecule is C/C(=N\OCC(=O)NNC(=O)COc1cc(C)c(Cl)cc1C(C)C)c1cccs1. The summed E-state index contributed by atoms with van der Waals surface area (Å²) in [6.07, 6.45) is 0. The van der Waals surface area contributed by atoms with E-state index >= 15 is 0 Å². The Morgan fingerprint density at radius 2 is 1.90 bits per heavy atom. The molecule has 2 N–H and O–H groups in total. The topological polar surface area (TPSA) is 89.0 Å². The molecule has 29 heavy (non-hydrogen) atoms. The number of nitrogens with one attached hydrogen (secondary N) is 2. The van der Waals surface area contributed by atoms with Gasteiger partial charge in [-0.2, -0.15) is 0 Å². The number of benzene rings is 1. The molecule has 156 valence electrons. The van der Waals surface area contributed by atoms with E-state index in [4.69, 9.17) is 21.2 Å². The first kappa shape index (κ1) is 22.7. The van der Waals surface area contributed by atoms with Gasteiger partial charge in [0.1, 0.15) is 5.75 Å². The van der Waals surface area contributed by atoms with E-state index in [0.29, 0.717) is 16.5 Å². The van der Waals surface area contributed by atoms with Crippen LogP contribution >= 0.6 is 22.9 Å². The number of amides is 2. The lowest BCUT2D eigenvalue weighted by Gasteiger charge is -2.16. The summed E-state index contributed by atoms with van der Waals surface area (Å²) < 4.78 is 5.61. The van der Waals surface area contributed by atoms with E-state index in [1.54, 1.807) is 13.0 Å². The van der Waals surface area contributed by atoms with Crippen LogP contribution in [0, 0.1) is 6.92 Å². The predicted molar refractivity (Wildman–Crippen MR) is 115 cm³/mol. The number of carbonyl (C=O) groups excluding carboxylic acids is 2. The number of hydrazine groups is 1. The number of thiophene rings is 1. The minimum Gasteiger partial charge on any atom is -0.483 e. The number of carbonyl (C=O) groups is 2. The lowest BCUT2D eigenvalue weighted by atomic mass is 10.0. The molecule has 0 atom stereocenters. The number of nitrogens with zero attached hydrogens (tertiary/aromatic N) is 1. The van der Waals surface area contributed by atoms with Crippen molar-refractivity contribution < 1.29 is 19.2 Å². The minimum atomic E-state index is -0.536. The van der Waals surface area contributed by atoms with Crippen LogP contribution in [0.15, 0.2) is 34.8 Å². The predicted octanol–water partition coefficient (Wildman–Crippen LogP) is 3.80. The van der Waals surface area contributed by atoms with E-state index in [9.17, 15) is 9.59 Å². The Bertz CT molecular complexity index is 882. The molecule has 7 nitrogen and oxygen atoms in total. The highest BCUT2D eigenvalue weighted by atomic mass is 35.5. The molecule has 0 aliphatic heterocycles. The molecule has 0 aliphatic rings. The third kappa shape index (κ3) is 7.07. The van der Waals surface area contributed by atoms with E-state index in [2.05, 4.69) is 16.0 Å². The average molecular weight is 438 g/mol. The zero-order valence-corrected chi connectivity index (χ0v) is 18.3. The summed E-state index contributed by atoms with van der Waals surface area (Å²) in [5.74, 6) is -0.267. The second-order valence-corrected chi connectivity index (χ2v) is 7.96. The summed E-state index contributed by atoms with van der Waals surface area (Å²) in [6.45, 7) is 7.10. The van der Waals surface area contributed by atoms with E-state index in [1.807, 2.05) is 44.4 Å². The molecule has 2 aromatic rings.